The molecule has 0 aromatic heterocycles. The third kappa shape index (κ3) is 6.48. The molecular formula is C17H31N2O14P. The van der Waals surface area contributed by atoms with Crippen molar-refractivity contribution >= 4 is 19.4 Å². The highest BCUT2D eigenvalue weighted by molar-refractivity contribution is 7.53. The van der Waals surface area contributed by atoms with E-state index in [1.165, 1.54) is 7.11 Å². The summed E-state index contributed by atoms with van der Waals surface area (Å²) in [4.78, 5) is 33.7. The summed E-state index contributed by atoms with van der Waals surface area (Å²) in [5.74, 6) is -4.04. The number of hydrogen-bond acceptors (Lipinski definition) is 13. The van der Waals surface area contributed by atoms with E-state index in [2.05, 4.69) is 5.32 Å². The van der Waals surface area contributed by atoms with E-state index in [9.17, 15) is 44.6 Å². The van der Waals surface area contributed by atoms with Crippen molar-refractivity contribution in [2.24, 2.45) is 5.73 Å². The Morgan fingerprint density at radius 1 is 1.06 bits per heavy atom. The molecule has 16 nitrogen and oxygen atoms in total. The molecule has 0 radical (unpaired) electrons. The molecule has 0 bridgehead atoms. The Labute approximate surface area is 194 Å². The number of amides is 2. The van der Waals surface area contributed by atoms with E-state index in [4.69, 9.17) is 29.2 Å². The van der Waals surface area contributed by atoms with Crippen LogP contribution >= 0.6 is 7.60 Å². The van der Waals surface area contributed by atoms with Crippen LogP contribution in [0.4, 0.5) is 0 Å². The molecule has 2 heterocycles. The van der Waals surface area contributed by atoms with Gasteiger partial charge in [-0.15, -0.1) is 0 Å². The van der Waals surface area contributed by atoms with Crippen molar-refractivity contribution in [2.45, 2.75) is 67.8 Å². The zero-order valence-corrected chi connectivity index (χ0v) is 19.3. The summed E-state index contributed by atoms with van der Waals surface area (Å²) in [6.45, 7) is -0.208. The van der Waals surface area contributed by atoms with Gasteiger partial charge in [0.15, 0.2) is 18.2 Å². The highest BCUT2D eigenvalue weighted by Gasteiger charge is 2.57. The monoisotopic (exact) mass is 518 g/mol. The summed E-state index contributed by atoms with van der Waals surface area (Å²) in [6, 6.07) is -1.48. The average Bonchev–Trinajstić information content (AvgIpc) is 2.75. The Hall–Kier alpha value is -1.27. The van der Waals surface area contributed by atoms with Crippen molar-refractivity contribution in [3.8, 4) is 0 Å². The van der Waals surface area contributed by atoms with E-state index >= 15 is 0 Å². The number of hydrogen-bond donors (Lipinski definition) is 8. The number of aliphatic hydroxyl groups excluding tert-OH is 5. The number of nitrogens with one attached hydrogen (secondary N) is 1. The number of ether oxygens (including phenoxy) is 4. The first kappa shape index (κ1) is 29.0. The molecule has 2 saturated heterocycles. The first-order valence-corrected chi connectivity index (χ1v) is 11.8. The molecule has 0 aliphatic carbocycles. The van der Waals surface area contributed by atoms with Gasteiger partial charge in [0.25, 0.3) is 0 Å². The summed E-state index contributed by atoms with van der Waals surface area (Å²) in [5.41, 5.74) is 5.15. The second-order valence-electron chi connectivity index (χ2n) is 7.75. The first-order chi connectivity index (χ1) is 15.8. The molecule has 2 rings (SSSR count). The van der Waals surface area contributed by atoms with Crippen LogP contribution in [-0.2, 0) is 37.6 Å². The van der Waals surface area contributed by atoms with Gasteiger partial charge < -0.3 is 64.9 Å². The minimum absolute atomic E-state index is 0.105. The third-order valence-electron chi connectivity index (χ3n) is 5.27. The molecule has 2 aliphatic heterocycles. The van der Waals surface area contributed by atoms with E-state index in [0.29, 0.717) is 0 Å². The van der Waals surface area contributed by atoms with Crippen molar-refractivity contribution < 1.29 is 68.1 Å². The fourth-order valence-corrected chi connectivity index (χ4v) is 4.95. The fraction of sp³-hybridized carbons (Fsp3) is 0.882. The highest BCUT2D eigenvalue weighted by Crippen LogP contribution is 2.53. The summed E-state index contributed by atoms with van der Waals surface area (Å²) in [5, 5.41) is 53.1. The van der Waals surface area contributed by atoms with E-state index in [1.54, 1.807) is 0 Å². The third-order valence-corrected chi connectivity index (χ3v) is 6.88. The minimum atomic E-state index is -4.87. The molecule has 0 spiro atoms. The van der Waals surface area contributed by atoms with E-state index < -0.39 is 93.5 Å². The van der Waals surface area contributed by atoms with Crippen molar-refractivity contribution in [2.75, 3.05) is 26.9 Å². The number of aliphatic hydroxyl groups is 5. The highest BCUT2D eigenvalue weighted by atomic mass is 31.2. The van der Waals surface area contributed by atoms with Gasteiger partial charge in [-0.05, 0) is 0 Å². The van der Waals surface area contributed by atoms with Gasteiger partial charge >= 0.3 is 7.60 Å². The summed E-state index contributed by atoms with van der Waals surface area (Å²) >= 11 is 0. The summed E-state index contributed by atoms with van der Waals surface area (Å²) < 4.78 is 38.7. The molecule has 198 valence electrons. The first-order valence-electron chi connectivity index (χ1n) is 10.2. The van der Waals surface area contributed by atoms with Crippen molar-refractivity contribution in [3.63, 3.8) is 0 Å². The lowest BCUT2D eigenvalue weighted by atomic mass is 9.96. The Kier molecular flexibility index (Phi) is 10.3. The average molecular weight is 518 g/mol. The maximum absolute atomic E-state index is 12.9. The molecule has 5 unspecified atom stereocenters. The largest absolute Gasteiger partial charge is 0.394 e. The van der Waals surface area contributed by atoms with Gasteiger partial charge in [-0.25, -0.2) is 0 Å². The second kappa shape index (κ2) is 12.1. The van der Waals surface area contributed by atoms with Crippen LogP contribution in [-0.4, -0.2) is 130 Å². The lowest BCUT2D eigenvalue weighted by molar-refractivity contribution is -0.312. The van der Waals surface area contributed by atoms with Crippen LogP contribution in [0.5, 0.6) is 0 Å². The molecule has 17 heteroatoms. The van der Waals surface area contributed by atoms with E-state index in [1.807, 2.05) is 0 Å². The van der Waals surface area contributed by atoms with Crippen LogP contribution in [0, 0.1) is 0 Å². The topological polar surface area (TPSA) is 257 Å². The molecule has 0 aromatic carbocycles. The summed E-state index contributed by atoms with van der Waals surface area (Å²) in [7, 11) is -3.57. The fourth-order valence-electron chi connectivity index (χ4n) is 3.56. The maximum Gasteiger partial charge on any atom is 0.359 e. The van der Waals surface area contributed by atoms with Gasteiger partial charge in [0, 0.05) is 14.0 Å². The van der Waals surface area contributed by atoms with Crippen LogP contribution < -0.4 is 11.1 Å². The van der Waals surface area contributed by atoms with E-state index in [0.717, 1.165) is 6.92 Å². The lowest BCUT2D eigenvalue weighted by Crippen LogP contribution is -2.67. The van der Waals surface area contributed by atoms with Crippen molar-refractivity contribution in [1.29, 1.82) is 0 Å². The molecular weight excluding hydrogens is 487 g/mol. The Morgan fingerprint density at radius 3 is 2.24 bits per heavy atom. The molecule has 11 atom stereocenters. The van der Waals surface area contributed by atoms with Crippen LogP contribution in [0.1, 0.15) is 6.92 Å². The second-order valence-corrected chi connectivity index (χ2v) is 9.65. The molecule has 34 heavy (non-hydrogen) atoms. The Balaban J connectivity index is 2.40. The quantitative estimate of drug-likeness (QED) is 0.0996. The number of carbonyl (C=O) groups excluding carboxylic acids is 2. The summed E-state index contributed by atoms with van der Waals surface area (Å²) in [6.07, 6.45) is -14.5. The van der Waals surface area contributed by atoms with E-state index in [-0.39, 0.29) is 6.61 Å². The van der Waals surface area contributed by atoms with Crippen molar-refractivity contribution in [3.05, 3.63) is 0 Å². The van der Waals surface area contributed by atoms with Crippen LogP contribution in [0.2, 0.25) is 0 Å². The standard InChI is InChI=1S/C17H31N2O14P/c1-6(21)19-8-10(23)9(22)7(5-20)31-16(8)32-14-12(25)11(24)13(15(18)26)33-17(14)34(27,28)30-4-3-29-2/h7-14,16-17,20,22-25H,3-5H2,1-2H3,(H2,18,26)(H,19,21)(H,27,28)/t7?,8?,9-,10-,11-,12+,13?,14?,16+,17+/m1/s1. The maximum atomic E-state index is 12.9. The molecule has 2 amide bonds. The minimum Gasteiger partial charge on any atom is -0.394 e. The predicted molar refractivity (Wildman–Crippen MR) is 108 cm³/mol. The van der Waals surface area contributed by atoms with Crippen LogP contribution in [0.3, 0.4) is 0 Å². The normalized spacial score (nSPS) is 40.4. The van der Waals surface area contributed by atoms with Crippen molar-refractivity contribution in [1.82, 2.24) is 5.32 Å². The lowest BCUT2D eigenvalue weighted by Gasteiger charge is -2.47. The molecule has 2 aliphatic rings. The molecule has 0 aromatic rings. The Morgan fingerprint density at radius 2 is 1.71 bits per heavy atom. The van der Waals surface area contributed by atoms with Gasteiger partial charge in [-0.1, -0.05) is 0 Å². The van der Waals surface area contributed by atoms with Crippen LogP contribution in [0.15, 0.2) is 0 Å². The number of carbonyl (C=O) groups is 2. The predicted octanol–water partition coefficient (Wildman–Crippen LogP) is -4.90. The van der Waals surface area contributed by atoms with Gasteiger partial charge in [-0.2, -0.15) is 0 Å². The zero-order valence-electron chi connectivity index (χ0n) is 18.4. The SMILES string of the molecule is COCCOP(=O)(O)[C@@H]1OC(C(N)=O)[C@H](O)[C@H](O)C1O[C@@H]1OC(CO)[C@@H](O)[C@H](O)C1NC(C)=O. The van der Waals surface area contributed by atoms with Crippen LogP contribution in [0.25, 0.3) is 0 Å². The van der Waals surface area contributed by atoms with Gasteiger partial charge in [0.2, 0.25) is 11.8 Å². The number of nitrogens with two attached hydrogens (primary N) is 1. The smallest absolute Gasteiger partial charge is 0.359 e. The molecule has 2 fully saturated rings. The van der Waals surface area contributed by atoms with Gasteiger partial charge in [0.1, 0.15) is 42.7 Å². The molecule has 0 saturated carbocycles. The number of rotatable bonds is 10. The zero-order chi connectivity index (χ0) is 25.8. The number of primary amides is 1. The number of methoxy groups -OCH3 is 1. The van der Waals surface area contributed by atoms with Gasteiger partial charge in [0.05, 0.1) is 19.8 Å². The Bertz CT molecular complexity index is 758. The van der Waals surface area contributed by atoms with Gasteiger partial charge in [-0.3, -0.25) is 14.2 Å². The molecule has 9 N–H and O–H groups in total.